The molecule has 2 aliphatic rings. The lowest BCUT2D eigenvalue weighted by atomic mass is 9.86. The third-order valence-electron chi connectivity index (χ3n) is 5.23. The maximum absolute atomic E-state index is 12.6. The van der Waals surface area contributed by atoms with Crippen molar-refractivity contribution in [1.82, 2.24) is 14.7 Å². The van der Waals surface area contributed by atoms with Crippen LogP contribution in [0.4, 0.5) is 0 Å². The van der Waals surface area contributed by atoms with E-state index >= 15 is 0 Å². The van der Waals surface area contributed by atoms with Crippen LogP contribution in [0.5, 0.6) is 0 Å². The number of hydrogen-bond donors (Lipinski definition) is 0. The zero-order valence-electron chi connectivity index (χ0n) is 14.4. The Balaban J connectivity index is 1.76. The van der Waals surface area contributed by atoms with Gasteiger partial charge >= 0.3 is 0 Å². The van der Waals surface area contributed by atoms with Gasteiger partial charge in [-0.05, 0) is 36.1 Å². The second-order valence-electron chi connectivity index (χ2n) is 6.69. The quantitative estimate of drug-likeness (QED) is 0.812. The number of hydrogen-bond acceptors (Lipinski definition) is 3. The lowest BCUT2D eigenvalue weighted by Gasteiger charge is -2.29. The van der Waals surface area contributed by atoms with E-state index in [1.807, 2.05) is 23.1 Å². The third kappa shape index (κ3) is 2.66. The van der Waals surface area contributed by atoms with Crippen LogP contribution in [0.1, 0.15) is 36.1 Å². The molecule has 4 rings (SSSR count). The van der Waals surface area contributed by atoms with Crippen molar-refractivity contribution in [3.05, 3.63) is 58.9 Å². The second kappa shape index (κ2) is 6.25. The fourth-order valence-corrected chi connectivity index (χ4v) is 3.88. The van der Waals surface area contributed by atoms with Gasteiger partial charge in [-0.3, -0.25) is 9.48 Å². The maximum atomic E-state index is 12.6. The van der Waals surface area contributed by atoms with Gasteiger partial charge in [0, 0.05) is 37.5 Å². The zero-order chi connectivity index (χ0) is 17.4. The van der Waals surface area contributed by atoms with E-state index in [0.717, 1.165) is 42.8 Å². The highest BCUT2D eigenvalue weighted by Gasteiger charge is 2.33. The molecule has 2 heterocycles. The number of allylic oxidation sites excluding steroid dienone is 1. The van der Waals surface area contributed by atoms with Gasteiger partial charge in [-0.15, -0.1) is 6.42 Å². The number of carbonyl (C=O) groups excluding carboxylic acids is 1. The van der Waals surface area contributed by atoms with E-state index < -0.39 is 0 Å². The van der Waals surface area contributed by atoms with Crippen LogP contribution in [0.3, 0.4) is 0 Å². The van der Waals surface area contributed by atoms with Crippen LogP contribution in [-0.4, -0.2) is 33.6 Å². The molecule has 4 nitrogen and oxygen atoms in total. The Morgan fingerprint density at radius 3 is 3.00 bits per heavy atom. The number of nitrogens with zero attached hydrogens (tertiary/aromatic N) is 3. The van der Waals surface area contributed by atoms with Crippen molar-refractivity contribution in [2.45, 2.75) is 32.2 Å². The molecule has 126 valence electrons. The highest BCUT2D eigenvalue weighted by atomic mass is 16.1. The SMILES string of the molecule is C#CC1=C(N2CC[C@@H](n3cccn3)C2)c2cc(CC)ccc2CC1=O. The van der Waals surface area contributed by atoms with Gasteiger partial charge in [0.15, 0.2) is 5.78 Å². The molecule has 0 amide bonds. The molecule has 0 N–H and O–H groups in total. The summed E-state index contributed by atoms with van der Waals surface area (Å²) in [4.78, 5) is 14.8. The van der Waals surface area contributed by atoms with E-state index in [4.69, 9.17) is 6.42 Å². The summed E-state index contributed by atoms with van der Waals surface area (Å²) >= 11 is 0. The van der Waals surface area contributed by atoms with E-state index in [9.17, 15) is 4.79 Å². The molecular weight excluding hydrogens is 310 g/mol. The van der Waals surface area contributed by atoms with Gasteiger partial charge in [-0.25, -0.2) is 0 Å². The van der Waals surface area contributed by atoms with Crippen molar-refractivity contribution in [2.24, 2.45) is 0 Å². The van der Waals surface area contributed by atoms with Crippen molar-refractivity contribution >= 4 is 11.5 Å². The molecule has 1 aliphatic heterocycles. The standard InChI is InChI=1S/C21H21N3O/c1-3-15-6-7-16-13-20(25)18(4-2)21(19(16)12-15)23-11-8-17(14-23)24-10-5-9-22-24/h2,5-7,9-10,12,17H,3,8,11,13-14H2,1H3/t17-/m1/s1. The highest BCUT2D eigenvalue weighted by Crippen LogP contribution is 2.36. The molecule has 25 heavy (non-hydrogen) atoms. The van der Waals surface area contributed by atoms with Gasteiger partial charge in [0.2, 0.25) is 0 Å². The zero-order valence-corrected chi connectivity index (χ0v) is 14.4. The number of benzene rings is 1. The van der Waals surface area contributed by atoms with Crippen molar-refractivity contribution in [3.8, 4) is 12.3 Å². The average molecular weight is 331 g/mol. The van der Waals surface area contributed by atoms with Gasteiger partial charge in [-0.2, -0.15) is 5.10 Å². The lowest BCUT2D eigenvalue weighted by molar-refractivity contribution is -0.114. The summed E-state index contributed by atoms with van der Waals surface area (Å²) in [6.07, 6.45) is 11.9. The molecule has 0 bridgehead atoms. The molecule has 1 aromatic carbocycles. The first-order valence-corrected chi connectivity index (χ1v) is 8.81. The molecule has 1 fully saturated rings. The van der Waals surface area contributed by atoms with Crippen molar-refractivity contribution in [2.75, 3.05) is 13.1 Å². The molecular formula is C21H21N3O. The Labute approximate surface area is 148 Å². The monoisotopic (exact) mass is 331 g/mol. The van der Waals surface area contributed by atoms with Crippen molar-refractivity contribution in [1.29, 1.82) is 0 Å². The predicted molar refractivity (Wildman–Crippen MR) is 97.7 cm³/mol. The number of fused-ring (bicyclic) bond motifs is 1. The van der Waals surface area contributed by atoms with Crippen LogP contribution in [-0.2, 0) is 17.6 Å². The average Bonchev–Trinajstić information content (AvgIpc) is 3.31. The maximum Gasteiger partial charge on any atom is 0.177 e. The first-order chi connectivity index (χ1) is 12.2. The predicted octanol–water partition coefficient (Wildman–Crippen LogP) is 2.86. The minimum absolute atomic E-state index is 0.0526. The minimum atomic E-state index is 0.0526. The van der Waals surface area contributed by atoms with Gasteiger partial charge in [0.25, 0.3) is 0 Å². The van der Waals surface area contributed by atoms with E-state index in [2.05, 4.69) is 41.0 Å². The molecule has 4 heteroatoms. The largest absolute Gasteiger partial charge is 0.368 e. The number of likely N-dealkylation sites (tertiary alicyclic amines) is 1. The molecule has 0 spiro atoms. The summed E-state index contributed by atoms with van der Waals surface area (Å²) in [5.74, 6) is 2.73. The highest BCUT2D eigenvalue weighted by molar-refractivity contribution is 6.10. The molecule has 1 aliphatic carbocycles. The Morgan fingerprint density at radius 1 is 1.40 bits per heavy atom. The van der Waals surface area contributed by atoms with Crippen LogP contribution in [0.2, 0.25) is 0 Å². The molecule has 1 atom stereocenters. The van der Waals surface area contributed by atoms with Crippen molar-refractivity contribution in [3.63, 3.8) is 0 Å². The fourth-order valence-electron chi connectivity index (χ4n) is 3.88. The second-order valence-corrected chi connectivity index (χ2v) is 6.69. The fraction of sp³-hybridized carbons (Fsp3) is 0.333. The normalized spacial score (nSPS) is 19.9. The first-order valence-electron chi connectivity index (χ1n) is 8.81. The summed E-state index contributed by atoms with van der Waals surface area (Å²) < 4.78 is 2.00. The Hall–Kier alpha value is -2.80. The van der Waals surface area contributed by atoms with E-state index in [-0.39, 0.29) is 5.78 Å². The third-order valence-corrected chi connectivity index (χ3v) is 5.23. The summed E-state index contributed by atoms with van der Waals surface area (Å²) in [5, 5.41) is 4.37. The molecule has 0 radical (unpaired) electrons. The number of aromatic nitrogens is 2. The first kappa shape index (κ1) is 15.7. The van der Waals surface area contributed by atoms with E-state index in [1.54, 1.807) is 0 Å². The van der Waals surface area contributed by atoms with Gasteiger partial charge < -0.3 is 4.90 Å². The summed E-state index contributed by atoms with van der Waals surface area (Å²) in [6.45, 7) is 3.85. The smallest absolute Gasteiger partial charge is 0.177 e. The summed E-state index contributed by atoms with van der Waals surface area (Å²) in [5.41, 5.74) is 4.96. The molecule has 2 aromatic rings. The summed E-state index contributed by atoms with van der Waals surface area (Å²) in [7, 11) is 0. The molecule has 1 saturated heterocycles. The Kier molecular flexibility index (Phi) is 3.93. The lowest BCUT2D eigenvalue weighted by Crippen LogP contribution is -2.27. The number of Topliss-reactive ketones (excluding diaryl/α,β-unsaturated/α-hetero) is 1. The van der Waals surface area contributed by atoms with E-state index in [1.165, 1.54) is 5.56 Å². The number of ketones is 1. The topological polar surface area (TPSA) is 38.1 Å². The molecule has 0 saturated carbocycles. The van der Waals surface area contributed by atoms with Crippen LogP contribution >= 0.6 is 0 Å². The van der Waals surface area contributed by atoms with Crippen LogP contribution < -0.4 is 0 Å². The number of carbonyl (C=O) groups is 1. The summed E-state index contributed by atoms with van der Waals surface area (Å²) in [6, 6.07) is 8.66. The minimum Gasteiger partial charge on any atom is -0.368 e. The van der Waals surface area contributed by atoms with Gasteiger partial charge in [-0.1, -0.05) is 25.0 Å². The van der Waals surface area contributed by atoms with Crippen LogP contribution in [0.15, 0.2) is 42.2 Å². The number of terminal acetylenes is 1. The molecule has 0 unspecified atom stereocenters. The Morgan fingerprint density at radius 2 is 2.28 bits per heavy atom. The van der Waals surface area contributed by atoms with Gasteiger partial charge in [0.05, 0.1) is 17.3 Å². The number of aryl methyl sites for hydroxylation is 1. The molecule has 1 aromatic heterocycles. The Bertz CT molecular complexity index is 886. The van der Waals surface area contributed by atoms with Gasteiger partial charge in [0.1, 0.15) is 0 Å². The van der Waals surface area contributed by atoms with Crippen molar-refractivity contribution < 1.29 is 4.79 Å². The van der Waals surface area contributed by atoms with Crippen LogP contribution in [0, 0.1) is 12.3 Å². The van der Waals surface area contributed by atoms with E-state index in [0.29, 0.717) is 18.0 Å². The van der Waals surface area contributed by atoms with Crippen LogP contribution in [0.25, 0.3) is 5.70 Å². The number of rotatable bonds is 3.